The zero-order valence-corrected chi connectivity index (χ0v) is 16.5. The van der Waals surface area contributed by atoms with Crippen molar-refractivity contribution in [1.82, 2.24) is 10.2 Å². The maximum atomic E-state index is 3.51. The third kappa shape index (κ3) is 4.68. The number of piperazine rings is 1. The summed E-state index contributed by atoms with van der Waals surface area (Å²) < 4.78 is 0. The van der Waals surface area contributed by atoms with Gasteiger partial charge in [0.05, 0.1) is 0 Å². The Morgan fingerprint density at radius 2 is 1.52 bits per heavy atom. The largest absolute Gasteiger partial charge is 0.314 e. The van der Waals surface area contributed by atoms with Gasteiger partial charge in [-0.05, 0) is 41.2 Å². The Labute approximate surface area is 164 Å². The van der Waals surface area contributed by atoms with Crippen LogP contribution in [-0.4, -0.2) is 31.1 Å². The lowest BCUT2D eigenvalue weighted by Crippen LogP contribution is -2.47. The van der Waals surface area contributed by atoms with Crippen LogP contribution in [0, 0.1) is 5.92 Å². The Morgan fingerprint density at radius 1 is 0.840 bits per heavy atom. The highest BCUT2D eigenvalue weighted by molar-refractivity contribution is 5.85. The molecule has 2 aromatic rings. The second kappa shape index (κ2) is 9.78. The van der Waals surface area contributed by atoms with Crippen LogP contribution in [0.5, 0.6) is 0 Å². The molecule has 0 radical (unpaired) electrons. The molecule has 2 nitrogen and oxygen atoms in total. The fraction of sp³-hybridized carbons (Fsp3) is 0.524. The molecule has 1 heterocycles. The molecular formula is C21H30Cl2N2. The number of fused-ring (bicyclic) bond motifs is 1. The van der Waals surface area contributed by atoms with Gasteiger partial charge in [0.15, 0.2) is 0 Å². The summed E-state index contributed by atoms with van der Waals surface area (Å²) in [5.74, 6) is 0.836. The van der Waals surface area contributed by atoms with E-state index in [-0.39, 0.29) is 24.8 Å². The van der Waals surface area contributed by atoms with Crippen molar-refractivity contribution in [1.29, 1.82) is 0 Å². The summed E-state index contributed by atoms with van der Waals surface area (Å²) in [6.07, 6.45) is 7.08. The molecule has 4 rings (SSSR count). The van der Waals surface area contributed by atoms with Crippen LogP contribution >= 0.6 is 24.8 Å². The molecule has 2 aromatic carbocycles. The van der Waals surface area contributed by atoms with Crippen LogP contribution in [0.2, 0.25) is 0 Å². The molecule has 0 bridgehead atoms. The van der Waals surface area contributed by atoms with Gasteiger partial charge < -0.3 is 5.32 Å². The van der Waals surface area contributed by atoms with Crippen molar-refractivity contribution in [3.05, 3.63) is 48.0 Å². The summed E-state index contributed by atoms with van der Waals surface area (Å²) in [6.45, 7) is 4.65. The van der Waals surface area contributed by atoms with Crippen molar-refractivity contribution in [2.24, 2.45) is 5.92 Å². The van der Waals surface area contributed by atoms with Crippen LogP contribution in [0.15, 0.2) is 42.5 Å². The van der Waals surface area contributed by atoms with Gasteiger partial charge in [-0.15, -0.1) is 24.8 Å². The topological polar surface area (TPSA) is 15.3 Å². The van der Waals surface area contributed by atoms with Crippen molar-refractivity contribution in [2.45, 2.75) is 38.1 Å². The minimum atomic E-state index is 0. The predicted molar refractivity (Wildman–Crippen MR) is 112 cm³/mol. The van der Waals surface area contributed by atoms with Crippen LogP contribution in [0.1, 0.15) is 43.7 Å². The van der Waals surface area contributed by atoms with Gasteiger partial charge >= 0.3 is 0 Å². The third-order valence-corrected chi connectivity index (χ3v) is 5.76. The smallest absolute Gasteiger partial charge is 0.0377 e. The van der Waals surface area contributed by atoms with Crippen LogP contribution in [0.3, 0.4) is 0 Å². The maximum absolute atomic E-state index is 3.51. The molecule has 1 atom stereocenters. The molecule has 138 valence electrons. The molecular weight excluding hydrogens is 351 g/mol. The van der Waals surface area contributed by atoms with E-state index in [1.807, 2.05) is 0 Å². The lowest BCUT2D eigenvalue weighted by Gasteiger charge is -2.41. The monoisotopic (exact) mass is 380 g/mol. The molecule has 0 unspecified atom stereocenters. The van der Waals surface area contributed by atoms with Gasteiger partial charge in [-0.3, -0.25) is 4.90 Å². The van der Waals surface area contributed by atoms with Gasteiger partial charge in [-0.2, -0.15) is 0 Å². The summed E-state index contributed by atoms with van der Waals surface area (Å²) in [7, 11) is 0. The molecule has 1 saturated heterocycles. The first-order chi connectivity index (χ1) is 11.4. The van der Waals surface area contributed by atoms with E-state index in [0.717, 1.165) is 19.0 Å². The molecule has 0 amide bonds. The lowest BCUT2D eigenvalue weighted by atomic mass is 9.80. The van der Waals surface area contributed by atoms with Gasteiger partial charge in [0.2, 0.25) is 0 Å². The average Bonchev–Trinajstić information content (AvgIpc) is 2.64. The summed E-state index contributed by atoms with van der Waals surface area (Å²) in [5, 5.41) is 6.26. The second-order valence-electron chi connectivity index (χ2n) is 7.24. The van der Waals surface area contributed by atoms with E-state index in [0.29, 0.717) is 6.04 Å². The minimum absolute atomic E-state index is 0. The van der Waals surface area contributed by atoms with Gasteiger partial charge in [0, 0.05) is 32.2 Å². The first kappa shape index (κ1) is 20.5. The molecule has 0 aromatic heterocycles. The fourth-order valence-corrected chi connectivity index (χ4v) is 4.58. The highest BCUT2D eigenvalue weighted by Crippen LogP contribution is 2.39. The van der Waals surface area contributed by atoms with Crippen LogP contribution in [0.25, 0.3) is 10.8 Å². The SMILES string of the molecule is Cl.Cl.c1ccc2cc([C@@H](C3CCCCC3)N3CCNCC3)ccc2c1. The Hall–Kier alpha value is -0.800. The Kier molecular flexibility index (Phi) is 8.02. The van der Waals surface area contributed by atoms with Gasteiger partial charge in [0.1, 0.15) is 0 Å². The molecule has 2 fully saturated rings. The predicted octanol–water partition coefficient (Wildman–Crippen LogP) is 5.21. The van der Waals surface area contributed by atoms with E-state index >= 15 is 0 Å². The normalized spacial score (nSPS) is 20.5. The number of rotatable bonds is 3. The Morgan fingerprint density at radius 3 is 2.24 bits per heavy atom. The molecule has 1 aliphatic heterocycles. The molecule has 1 saturated carbocycles. The van der Waals surface area contributed by atoms with E-state index < -0.39 is 0 Å². The van der Waals surface area contributed by atoms with Crippen molar-refractivity contribution in [2.75, 3.05) is 26.2 Å². The van der Waals surface area contributed by atoms with E-state index in [9.17, 15) is 0 Å². The second-order valence-corrected chi connectivity index (χ2v) is 7.24. The van der Waals surface area contributed by atoms with Gasteiger partial charge in [0.25, 0.3) is 0 Å². The van der Waals surface area contributed by atoms with Gasteiger partial charge in [-0.25, -0.2) is 0 Å². The van der Waals surface area contributed by atoms with E-state index in [1.165, 1.54) is 61.5 Å². The quantitative estimate of drug-likeness (QED) is 0.785. The number of nitrogens with one attached hydrogen (secondary N) is 1. The van der Waals surface area contributed by atoms with Crippen molar-refractivity contribution >= 4 is 35.6 Å². The molecule has 4 heteroatoms. The molecule has 2 aliphatic rings. The number of benzene rings is 2. The maximum Gasteiger partial charge on any atom is 0.0377 e. The third-order valence-electron chi connectivity index (χ3n) is 5.76. The Balaban J connectivity index is 0.00000113. The van der Waals surface area contributed by atoms with Crippen molar-refractivity contribution in [3.63, 3.8) is 0 Å². The first-order valence-corrected chi connectivity index (χ1v) is 9.35. The molecule has 1 aliphatic carbocycles. The lowest BCUT2D eigenvalue weighted by molar-refractivity contribution is 0.103. The van der Waals surface area contributed by atoms with Crippen LogP contribution in [0.4, 0.5) is 0 Å². The number of hydrogen-bond donors (Lipinski definition) is 1. The van der Waals surface area contributed by atoms with Crippen LogP contribution < -0.4 is 5.32 Å². The van der Waals surface area contributed by atoms with E-state index in [1.54, 1.807) is 0 Å². The summed E-state index contributed by atoms with van der Waals surface area (Å²) in [5.41, 5.74) is 1.54. The van der Waals surface area contributed by atoms with Crippen molar-refractivity contribution < 1.29 is 0 Å². The summed E-state index contributed by atoms with van der Waals surface area (Å²) in [4.78, 5) is 2.75. The minimum Gasteiger partial charge on any atom is -0.314 e. The average molecular weight is 381 g/mol. The molecule has 25 heavy (non-hydrogen) atoms. The Bertz CT molecular complexity index is 631. The highest BCUT2D eigenvalue weighted by Gasteiger charge is 2.30. The number of hydrogen-bond acceptors (Lipinski definition) is 2. The zero-order valence-electron chi connectivity index (χ0n) is 14.8. The van der Waals surface area contributed by atoms with Crippen LogP contribution in [-0.2, 0) is 0 Å². The van der Waals surface area contributed by atoms with E-state index in [2.05, 4.69) is 52.7 Å². The standard InChI is InChI=1S/C21H28N2.2ClH/c1-2-7-18(8-3-1)21(23-14-12-22-13-15-23)20-11-10-17-6-4-5-9-19(17)16-20;;/h4-6,9-11,16,18,21-22H,1-3,7-8,12-15H2;2*1H/t21-;;/m1../s1. The van der Waals surface area contributed by atoms with Gasteiger partial charge in [-0.1, -0.05) is 55.7 Å². The zero-order chi connectivity index (χ0) is 15.5. The highest BCUT2D eigenvalue weighted by atomic mass is 35.5. The van der Waals surface area contributed by atoms with Crippen molar-refractivity contribution in [3.8, 4) is 0 Å². The number of halogens is 2. The van der Waals surface area contributed by atoms with E-state index in [4.69, 9.17) is 0 Å². The first-order valence-electron chi connectivity index (χ1n) is 9.35. The molecule has 0 spiro atoms. The summed E-state index contributed by atoms with van der Waals surface area (Å²) >= 11 is 0. The number of nitrogens with zero attached hydrogens (tertiary/aromatic N) is 1. The molecule has 1 N–H and O–H groups in total. The fourth-order valence-electron chi connectivity index (χ4n) is 4.58. The summed E-state index contributed by atoms with van der Waals surface area (Å²) in [6, 6.07) is 16.6.